The number of nitrogens with one attached hydrogen (secondary N) is 1. The Kier molecular flexibility index (Phi) is 6.02. The molecule has 1 heterocycles. The molecular weight excluding hydrogens is 248 g/mol. The van der Waals surface area contributed by atoms with Crippen LogP contribution in [0.5, 0.6) is 0 Å². The molecule has 2 unspecified atom stereocenters. The first-order valence-electron chi connectivity index (χ1n) is 7.91. The van der Waals surface area contributed by atoms with Crippen molar-refractivity contribution in [3.8, 4) is 0 Å². The van der Waals surface area contributed by atoms with E-state index < -0.39 is 0 Å². The summed E-state index contributed by atoms with van der Waals surface area (Å²) in [7, 11) is 0. The third kappa shape index (κ3) is 4.58. The van der Waals surface area contributed by atoms with Gasteiger partial charge in [-0.05, 0) is 50.4 Å². The van der Waals surface area contributed by atoms with Gasteiger partial charge in [-0.2, -0.15) is 0 Å². The fourth-order valence-electron chi connectivity index (χ4n) is 2.80. The van der Waals surface area contributed by atoms with Crippen molar-refractivity contribution in [2.45, 2.75) is 45.3 Å². The maximum absolute atomic E-state index is 10.1. The number of aliphatic hydroxyl groups is 1. The normalized spacial score (nSPS) is 19.1. The molecule has 2 atom stereocenters. The van der Waals surface area contributed by atoms with Crippen LogP contribution in [0.3, 0.4) is 0 Å². The Morgan fingerprint density at radius 2 is 1.85 bits per heavy atom. The van der Waals surface area contributed by atoms with Crippen LogP contribution in [0.2, 0.25) is 0 Å². The molecule has 3 nitrogen and oxygen atoms in total. The fraction of sp³-hybridized carbons (Fsp3) is 0.647. The van der Waals surface area contributed by atoms with E-state index in [1.54, 1.807) is 0 Å². The molecule has 0 spiro atoms. The van der Waals surface area contributed by atoms with Gasteiger partial charge < -0.3 is 15.3 Å². The van der Waals surface area contributed by atoms with Crippen molar-refractivity contribution >= 4 is 0 Å². The molecule has 0 aliphatic carbocycles. The molecule has 0 aromatic heterocycles. The van der Waals surface area contributed by atoms with Crippen molar-refractivity contribution < 1.29 is 5.11 Å². The fourth-order valence-corrected chi connectivity index (χ4v) is 2.80. The van der Waals surface area contributed by atoms with Crippen molar-refractivity contribution in [3.05, 3.63) is 35.4 Å². The molecule has 0 bridgehead atoms. The molecule has 20 heavy (non-hydrogen) atoms. The molecule has 3 heteroatoms. The van der Waals surface area contributed by atoms with Crippen LogP contribution in [-0.4, -0.2) is 42.3 Å². The lowest BCUT2D eigenvalue weighted by atomic mass is 10.0. The number of likely N-dealkylation sites (tertiary alicyclic amines) is 1. The molecule has 0 saturated carbocycles. The number of aryl methyl sites for hydroxylation is 1. The number of hydrogen-bond donors (Lipinski definition) is 2. The summed E-state index contributed by atoms with van der Waals surface area (Å²) in [6, 6.07) is 9.03. The van der Waals surface area contributed by atoms with Crippen LogP contribution in [0.4, 0.5) is 0 Å². The number of β-amino-alcohol motifs (C(OH)–C–C–N with tert-alkyl or cyclic N) is 1. The van der Waals surface area contributed by atoms with Gasteiger partial charge in [-0.3, -0.25) is 0 Å². The van der Waals surface area contributed by atoms with Gasteiger partial charge in [0.1, 0.15) is 0 Å². The molecule has 1 aromatic rings. The zero-order valence-corrected chi connectivity index (χ0v) is 12.8. The maximum atomic E-state index is 10.1. The van der Waals surface area contributed by atoms with Crippen molar-refractivity contribution in [3.63, 3.8) is 0 Å². The molecule has 0 amide bonds. The van der Waals surface area contributed by atoms with Crippen LogP contribution >= 0.6 is 0 Å². The molecule has 1 aliphatic heterocycles. The van der Waals surface area contributed by atoms with Crippen LogP contribution < -0.4 is 5.32 Å². The Labute approximate surface area is 123 Å². The molecule has 2 N–H and O–H groups in total. The standard InChI is InChI=1S/C17H28N2O/c1-3-15-6-8-16(9-7-15)14(2)18-12-17(20)13-19-10-4-5-11-19/h6-9,14,17-18,20H,3-5,10-13H2,1-2H3. The summed E-state index contributed by atoms with van der Waals surface area (Å²) in [5, 5.41) is 13.5. The van der Waals surface area contributed by atoms with E-state index in [9.17, 15) is 5.11 Å². The zero-order valence-electron chi connectivity index (χ0n) is 12.8. The predicted molar refractivity (Wildman–Crippen MR) is 83.9 cm³/mol. The maximum Gasteiger partial charge on any atom is 0.0791 e. The number of benzene rings is 1. The molecular formula is C17H28N2O. The highest BCUT2D eigenvalue weighted by molar-refractivity contribution is 5.24. The number of aliphatic hydroxyl groups excluding tert-OH is 1. The van der Waals surface area contributed by atoms with Crippen molar-refractivity contribution in [2.24, 2.45) is 0 Å². The highest BCUT2D eigenvalue weighted by Crippen LogP contribution is 2.14. The first kappa shape index (κ1) is 15.5. The summed E-state index contributed by atoms with van der Waals surface area (Å²) in [5.74, 6) is 0. The van der Waals surface area contributed by atoms with Gasteiger partial charge in [0.25, 0.3) is 0 Å². The summed E-state index contributed by atoms with van der Waals surface area (Å²) in [4.78, 5) is 2.35. The van der Waals surface area contributed by atoms with E-state index in [0.717, 1.165) is 26.1 Å². The van der Waals surface area contributed by atoms with Crippen molar-refractivity contribution in [1.29, 1.82) is 0 Å². The van der Waals surface area contributed by atoms with Gasteiger partial charge in [0, 0.05) is 19.1 Å². The topological polar surface area (TPSA) is 35.5 Å². The van der Waals surface area contributed by atoms with Crippen molar-refractivity contribution in [1.82, 2.24) is 10.2 Å². The minimum atomic E-state index is -0.273. The van der Waals surface area contributed by atoms with Gasteiger partial charge >= 0.3 is 0 Å². The van der Waals surface area contributed by atoms with Crippen LogP contribution in [0.15, 0.2) is 24.3 Å². The molecule has 1 aliphatic rings. The van der Waals surface area contributed by atoms with Gasteiger partial charge in [0.2, 0.25) is 0 Å². The summed E-state index contributed by atoms with van der Waals surface area (Å²) in [6.45, 7) is 8.08. The van der Waals surface area contributed by atoms with E-state index in [0.29, 0.717) is 6.54 Å². The first-order valence-corrected chi connectivity index (χ1v) is 7.91. The lowest BCUT2D eigenvalue weighted by Gasteiger charge is -2.22. The first-order chi connectivity index (χ1) is 9.69. The van der Waals surface area contributed by atoms with Crippen LogP contribution in [0.25, 0.3) is 0 Å². The number of nitrogens with zero attached hydrogens (tertiary/aromatic N) is 1. The quantitative estimate of drug-likeness (QED) is 0.802. The Bertz CT molecular complexity index is 384. The molecule has 0 radical (unpaired) electrons. The minimum absolute atomic E-state index is 0.273. The molecule has 112 valence electrons. The van der Waals surface area contributed by atoms with E-state index in [-0.39, 0.29) is 12.1 Å². The summed E-state index contributed by atoms with van der Waals surface area (Å²) in [6.07, 6.45) is 3.36. The second-order valence-electron chi connectivity index (χ2n) is 5.89. The van der Waals surface area contributed by atoms with Crippen LogP contribution in [0.1, 0.15) is 43.9 Å². The second kappa shape index (κ2) is 7.77. The molecule has 1 saturated heterocycles. The highest BCUT2D eigenvalue weighted by Gasteiger charge is 2.16. The summed E-state index contributed by atoms with van der Waals surface area (Å²) >= 11 is 0. The van der Waals surface area contributed by atoms with E-state index in [1.165, 1.54) is 24.0 Å². The van der Waals surface area contributed by atoms with Crippen molar-refractivity contribution in [2.75, 3.05) is 26.2 Å². The summed E-state index contributed by atoms with van der Waals surface area (Å²) < 4.78 is 0. The minimum Gasteiger partial charge on any atom is -0.390 e. The monoisotopic (exact) mass is 276 g/mol. The van der Waals surface area contributed by atoms with E-state index in [1.807, 2.05) is 0 Å². The predicted octanol–water partition coefficient (Wildman–Crippen LogP) is 2.36. The van der Waals surface area contributed by atoms with Gasteiger partial charge in [-0.25, -0.2) is 0 Å². The van der Waals surface area contributed by atoms with Gasteiger partial charge in [0.05, 0.1) is 6.10 Å². The molecule has 1 aromatic carbocycles. The Balaban J connectivity index is 1.74. The second-order valence-corrected chi connectivity index (χ2v) is 5.89. The Morgan fingerprint density at radius 1 is 1.20 bits per heavy atom. The van der Waals surface area contributed by atoms with E-state index in [2.05, 4.69) is 48.3 Å². The lowest BCUT2D eigenvalue weighted by Crippen LogP contribution is -2.37. The molecule has 1 fully saturated rings. The van der Waals surface area contributed by atoms with Crippen LogP contribution in [0, 0.1) is 0 Å². The van der Waals surface area contributed by atoms with E-state index in [4.69, 9.17) is 0 Å². The average Bonchev–Trinajstić information content (AvgIpc) is 2.97. The zero-order chi connectivity index (χ0) is 14.4. The number of rotatable bonds is 7. The van der Waals surface area contributed by atoms with Gasteiger partial charge in [-0.1, -0.05) is 31.2 Å². The molecule has 2 rings (SSSR count). The average molecular weight is 276 g/mol. The van der Waals surface area contributed by atoms with Gasteiger partial charge in [0.15, 0.2) is 0 Å². The third-order valence-corrected chi connectivity index (χ3v) is 4.22. The largest absolute Gasteiger partial charge is 0.390 e. The summed E-state index contributed by atoms with van der Waals surface area (Å²) in [5.41, 5.74) is 2.66. The Morgan fingerprint density at radius 3 is 2.45 bits per heavy atom. The SMILES string of the molecule is CCc1ccc(C(C)NCC(O)CN2CCCC2)cc1. The van der Waals surface area contributed by atoms with E-state index >= 15 is 0 Å². The Hall–Kier alpha value is -0.900. The number of hydrogen-bond acceptors (Lipinski definition) is 3. The lowest BCUT2D eigenvalue weighted by molar-refractivity contribution is 0.121. The van der Waals surface area contributed by atoms with Gasteiger partial charge in [-0.15, -0.1) is 0 Å². The third-order valence-electron chi connectivity index (χ3n) is 4.22. The van der Waals surface area contributed by atoms with Crippen LogP contribution in [-0.2, 0) is 6.42 Å². The smallest absolute Gasteiger partial charge is 0.0791 e. The highest BCUT2D eigenvalue weighted by atomic mass is 16.3.